The first-order valence-corrected chi connectivity index (χ1v) is 10.3. The second kappa shape index (κ2) is 8.39. The summed E-state index contributed by atoms with van der Waals surface area (Å²) in [5.74, 6) is -0.723. The van der Waals surface area contributed by atoms with Crippen molar-refractivity contribution in [2.24, 2.45) is 5.41 Å². The molecule has 4 rings (SSSR count). The third kappa shape index (κ3) is 3.87. The van der Waals surface area contributed by atoms with Crippen LogP contribution in [-0.4, -0.2) is 69.2 Å². The smallest absolute Gasteiger partial charge is 0.314 e. The maximum absolute atomic E-state index is 12.7. The van der Waals surface area contributed by atoms with Crippen molar-refractivity contribution in [3.63, 3.8) is 0 Å². The number of rotatable bonds is 5. The largest absolute Gasteiger partial charge is 0.481 e. The minimum absolute atomic E-state index is 0.0917. The fourth-order valence-corrected chi connectivity index (χ4v) is 4.39. The standard InChI is InChI=1S/C22H26N4O4/c27-18-8-11-26(15-22(18,21(29)30)12-16-6-2-1-3-7-16)19-14-23-13-17(24-19)20(28)25-9-4-5-10-25/h1-3,6-7,13-14,18,27H,4-5,8-12,15H2,(H,29,30)/t18?,22-/m0/s1. The molecule has 8 nitrogen and oxygen atoms in total. The average Bonchev–Trinajstić information content (AvgIpc) is 3.30. The van der Waals surface area contributed by atoms with Crippen LogP contribution in [0.1, 0.15) is 35.3 Å². The third-order valence-electron chi connectivity index (χ3n) is 6.13. The number of carbonyl (C=O) groups is 2. The number of piperidine rings is 1. The van der Waals surface area contributed by atoms with Gasteiger partial charge in [0.25, 0.3) is 5.91 Å². The van der Waals surface area contributed by atoms with Gasteiger partial charge in [-0.2, -0.15) is 0 Å². The zero-order chi connectivity index (χ0) is 21.1. The quantitative estimate of drug-likeness (QED) is 0.771. The number of aliphatic hydroxyl groups is 1. The normalized spacial score (nSPS) is 24.1. The van der Waals surface area contributed by atoms with Gasteiger partial charge in [-0.05, 0) is 31.2 Å². The number of hydrogen-bond acceptors (Lipinski definition) is 6. The highest BCUT2D eigenvalue weighted by molar-refractivity contribution is 5.92. The Hall–Kier alpha value is -3.00. The average molecular weight is 410 g/mol. The highest BCUT2D eigenvalue weighted by Crippen LogP contribution is 2.36. The van der Waals surface area contributed by atoms with E-state index in [0.29, 0.717) is 18.8 Å². The van der Waals surface area contributed by atoms with Gasteiger partial charge in [0.2, 0.25) is 0 Å². The minimum atomic E-state index is -1.36. The number of carboxylic acids is 1. The lowest BCUT2D eigenvalue weighted by Crippen LogP contribution is -2.57. The number of likely N-dealkylation sites (tertiary alicyclic amines) is 1. The van der Waals surface area contributed by atoms with Gasteiger partial charge < -0.3 is 20.0 Å². The molecule has 0 radical (unpaired) electrons. The molecule has 2 aromatic rings. The number of aliphatic carboxylic acids is 1. The molecular formula is C22H26N4O4. The Morgan fingerprint density at radius 3 is 2.53 bits per heavy atom. The molecule has 3 heterocycles. The molecule has 0 saturated carbocycles. The summed E-state index contributed by atoms with van der Waals surface area (Å²) in [7, 11) is 0. The van der Waals surface area contributed by atoms with E-state index in [-0.39, 0.29) is 24.6 Å². The topological polar surface area (TPSA) is 107 Å². The van der Waals surface area contributed by atoms with Crippen molar-refractivity contribution < 1.29 is 19.8 Å². The maximum Gasteiger partial charge on any atom is 0.314 e. The molecule has 30 heavy (non-hydrogen) atoms. The number of carbonyl (C=O) groups excluding carboxylic acids is 1. The molecular weight excluding hydrogens is 384 g/mol. The van der Waals surface area contributed by atoms with Crippen molar-refractivity contribution in [3.05, 3.63) is 54.0 Å². The number of nitrogens with zero attached hydrogens (tertiary/aromatic N) is 4. The maximum atomic E-state index is 12.7. The monoisotopic (exact) mass is 410 g/mol. The van der Waals surface area contributed by atoms with Crippen molar-refractivity contribution in [3.8, 4) is 0 Å². The van der Waals surface area contributed by atoms with Crippen LogP contribution >= 0.6 is 0 Å². The van der Waals surface area contributed by atoms with Gasteiger partial charge in [-0.25, -0.2) is 4.98 Å². The van der Waals surface area contributed by atoms with Crippen LogP contribution in [-0.2, 0) is 11.2 Å². The van der Waals surface area contributed by atoms with E-state index < -0.39 is 17.5 Å². The fourth-order valence-electron chi connectivity index (χ4n) is 4.39. The van der Waals surface area contributed by atoms with E-state index in [4.69, 9.17) is 0 Å². The van der Waals surface area contributed by atoms with Gasteiger partial charge in [-0.3, -0.25) is 14.6 Å². The van der Waals surface area contributed by atoms with Crippen LogP contribution in [0.3, 0.4) is 0 Å². The van der Waals surface area contributed by atoms with Gasteiger partial charge in [-0.15, -0.1) is 0 Å². The van der Waals surface area contributed by atoms with Crippen molar-refractivity contribution in [1.82, 2.24) is 14.9 Å². The number of carboxylic acid groups (broad SMARTS) is 1. The molecule has 2 aliphatic rings. The van der Waals surface area contributed by atoms with E-state index in [2.05, 4.69) is 9.97 Å². The summed E-state index contributed by atoms with van der Waals surface area (Å²) >= 11 is 0. The van der Waals surface area contributed by atoms with Crippen LogP contribution in [0.5, 0.6) is 0 Å². The van der Waals surface area contributed by atoms with Crippen LogP contribution in [0.4, 0.5) is 5.82 Å². The molecule has 1 amide bonds. The molecule has 2 N–H and O–H groups in total. The van der Waals surface area contributed by atoms with Gasteiger partial charge in [0, 0.05) is 26.2 Å². The van der Waals surface area contributed by atoms with Gasteiger partial charge >= 0.3 is 5.97 Å². The van der Waals surface area contributed by atoms with Gasteiger partial charge in [-0.1, -0.05) is 30.3 Å². The van der Waals surface area contributed by atoms with Crippen molar-refractivity contribution >= 4 is 17.7 Å². The lowest BCUT2D eigenvalue weighted by atomic mass is 9.73. The minimum Gasteiger partial charge on any atom is -0.481 e. The Morgan fingerprint density at radius 2 is 1.83 bits per heavy atom. The summed E-state index contributed by atoms with van der Waals surface area (Å²) in [5, 5.41) is 20.8. The summed E-state index contributed by atoms with van der Waals surface area (Å²) in [5.41, 5.74) is -0.245. The van der Waals surface area contributed by atoms with Crippen LogP contribution in [0, 0.1) is 5.41 Å². The van der Waals surface area contributed by atoms with Crippen molar-refractivity contribution in [2.75, 3.05) is 31.1 Å². The number of anilines is 1. The third-order valence-corrected chi connectivity index (χ3v) is 6.13. The second-order valence-electron chi connectivity index (χ2n) is 8.11. The van der Waals surface area contributed by atoms with Crippen LogP contribution < -0.4 is 4.90 Å². The van der Waals surface area contributed by atoms with Gasteiger partial charge in [0.05, 0.1) is 18.5 Å². The van der Waals surface area contributed by atoms with E-state index in [0.717, 1.165) is 31.5 Å². The Kier molecular flexibility index (Phi) is 5.67. The zero-order valence-corrected chi connectivity index (χ0v) is 16.8. The van der Waals surface area contributed by atoms with Crippen molar-refractivity contribution in [1.29, 1.82) is 0 Å². The predicted octanol–water partition coefficient (Wildman–Crippen LogP) is 1.60. The SMILES string of the molecule is O=C(c1cncc(N2CCC(O)[C@@](Cc3ccccc3)(C(=O)O)C2)n1)N1CCCC1. The summed E-state index contributed by atoms with van der Waals surface area (Å²) in [6.07, 6.45) is 4.51. The number of aromatic nitrogens is 2. The highest BCUT2D eigenvalue weighted by Gasteiger charge is 2.49. The lowest BCUT2D eigenvalue weighted by Gasteiger charge is -2.43. The van der Waals surface area contributed by atoms with Crippen LogP contribution in [0.2, 0.25) is 0 Å². The summed E-state index contributed by atoms with van der Waals surface area (Å²) < 4.78 is 0. The number of amides is 1. The summed E-state index contributed by atoms with van der Waals surface area (Å²) in [6, 6.07) is 9.32. The molecule has 2 fully saturated rings. The first-order chi connectivity index (χ1) is 14.5. The molecule has 0 aliphatic carbocycles. The highest BCUT2D eigenvalue weighted by atomic mass is 16.4. The Balaban J connectivity index is 1.60. The fraction of sp³-hybridized carbons (Fsp3) is 0.455. The number of aliphatic hydroxyl groups excluding tert-OH is 1. The Bertz CT molecular complexity index is 916. The molecule has 2 aliphatic heterocycles. The molecule has 158 valence electrons. The van der Waals surface area contributed by atoms with E-state index in [1.165, 1.54) is 6.20 Å². The van der Waals surface area contributed by atoms with E-state index in [1.807, 2.05) is 35.2 Å². The van der Waals surface area contributed by atoms with Crippen LogP contribution in [0.15, 0.2) is 42.7 Å². The molecule has 1 aromatic heterocycles. The van der Waals surface area contributed by atoms with Crippen molar-refractivity contribution in [2.45, 2.75) is 31.8 Å². The molecule has 1 aromatic carbocycles. The first kappa shape index (κ1) is 20.3. The van der Waals surface area contributed by atoms with E-state index in [1.54, 1.807) is 11.1 Å². The van der Waals surface area contributed by atoms with E-state index >= 15 is 0 Å². The number of benzene rings is 1. The predicted molar refractivity (Wildman–Crippen MR) is 110 cm³/mol. The molecule has 0 bridgehead atoms. The van der Waals surface area contributed by atoms with Gasteiger partial charge in [0.15, 0.2) is 0 Å². The number of hydrogen-bond donors (Lipinski definition) is 2. The van der Waals surface area contributed by atoms with E-state index in [9.17, 15) is 19.8 Å². The Morgan fingerprint density at radius 1 is 1.10 bits per heavy atom. The molecule has 8 heteroatoms. The molecule has 2 atom stereocenters. The molecule has 2 saturated heterocycles. The summed E-state index contributed by atoms with van der Waals surface area (Å²) in [4.78, 5) is 37.3. The molecule has 0 spiro atoms. The lowest BCUT2D eigenvalue weighted by molar-refractivity contribution is -0.157. The Labute approximate surface area is 175 Å². The first-order valence-electron chi connectivity index (χ1n) is 10.3. The zero-order valence-electron chi connectivity index (χ0n) is 16.8. The molecule has 1 unspecified atom stereocenters. The second-order valence-corrected chi connectivity index (χ2v) is 8.11. The van der Waals surface area contributed by atoms with Gasteiger partial charge in [0.1, 0.15) is 16.9 Å². The van der Waals surface area contributed by atoms with Crippen LogP contribution in [0.25, 0.3) is 0 Å². The summed E-state index contributed by atoms with van der Waals surface area (Å²) in [6.45, 7) is 1.98.